The van der Waals surface area contributed by atoms with E-state index in [2.05, 4.69) is 0 Å². The van der Waals surface area contributed by atoms with Gasteiger partial charge in [-0.1, -0.05) is 0 Å². The largest absolute Gasteiger partial charge is 0.477 e. The van der Waals surface area contributed by atoms with E-state index >= 15 is 0 Å². The van der Waals surface area contributed by atoms with Gasteiger partial charge in [0.15, 0.2) is 9.84 Å². The SMILES string of the molecule is CC1OCCC1S(=O)(=O)Cc1ccsc1C(=O)O. The van der Waals surface area contributed by atoms with Crippen molar-refractivity contribution in [3.63, 3.8) is 0 Å². The molecule has 5 nitrogen and oxygen atoms in total. The maximum atomic E-state index is 12.2. The van der Waals surface area contributed by atoms with Crippen molar-refractivity contribution in [3.8, 4) is 0 Å². The molecule has 1 aliphatic rings. The summed E-state index contributed by atoms with van der Waals surface area (Å²) in [4.78, 5) is 11.0. The van der Waals surface area contributed by atoms with Crippen LogP contribution in [0.1, 0.15) is 28.6 Å². The van der Waals surface area contributed by atoms with Crippen LogP contribution in [0.3, 0.4) is 0 Å². The number of carboxylic acids is 1. The third kappa shape index (κ3) is 2.57. The lowest BCUT2D eigenvalue weighted by Gasteiger charge is -2.14. The molecule has 2 heterocycles. The lowest BCUT2D eigenvalue weighted by molar-refractivity contribution is 0.0701. The quantitative estimate of drug-likeness (QED) is 0.909. The Morgan fingerprint density at radius 2 is 2.33 bits per heavy atom. The summed E-state index contributed by atoms with van der Waals surface area (Å²) in [5.41, 5.74) is 0.367. The molecule has 1 fully saturated rings. The zero-order valence-corrected chi connectivity index (χ0v) is 11.5. The van der Waals surface area contributed by atoms with Gasteiger partial charge in [0.1, 0.15) is 4.88 Å². The van der Waals surface area contributed by atoms with Gasteiger partial charge in [-0.15, -0.1) is 11.3 Å². The van der Waals surface area contributed by atoms with Crippen molar-refractivity contribution in [2.45, 2.75) is 30.5 Å². The topological polar surface area (TPSA) is 80.7 Å². The molecule has 18 heavy (non-hydrogen) atoms. The van der Waals surface area contributed by atoms with E-state index in [1.807, 2.05) is 0 Å². The first-order valence-electron chi connectivity index (χ1n) is 5.54. The second-order valence-electron chi connectivity index (χ2n) is 4.29. The van der Waals surface area contributed by atoms with Gasteiger partial charge in [-0.3, -0.25) is 0 Å². The van der Waals surface area contributed by atoms with Crippen molar-refractivity contribution in [3.05, 3.63) is 21.9 Å². The molecule has 2 atom stereocenters. The Morgan fingerprint density at radius 1 is 1.61 bits per heavy atom. The highest BCUT2D eigenvalue weighted by Gasteiger charge is 2.36. The maximum absolute atomic E-state index is 12.2. The van der Waals surface area contributed by atoms with Crippen LogP contribution in [0.4, 0.5) is 0 Å². The average Bonchev–Trinajstić information content (AvgIpc) is 2.86. The van der Waals surface area contributed by atoms with E-state index in [9.17, 15) is 13.2 Å². The minimum Gasteiger partial charge on any atom is -0.477 e. The van der Waals surface area contributed by atoms with Crippen LogP contribution in [0.15, 0.2) is 11.4 Å². The van der Waals surface area contributed by atoms with Crippen molar-refractivity contribution in [2.24, 2.45) is 0 Å². The minimum atomic E-state index is -3.37. The highest BCUT2D eigenvalue weighted by molar-refractivity contribution is 7.91. The molecule has 0 saturated carbocycles. The van der Waals surface area contributed by atoms with E-state index in [4.69, 9.17) is 9.84 Å². The number of sulfone groups is 1. The minimum absolute atomic E-state index is 0.102. The molecule has 1 aliphatic heterocycles. The molecular weight excluding hydrogens is 276 g/mol. The van der Waals surface area contributed by atoms with Gasteiger partial charge in [-0.05, 0) is 30.4 Å². The Labute approximate surface area is 109 Å². The van der Waals surface area contributed by atoms with Crippen LogP contribution in [0.25, 0.3) is 0 Å². The van der Waals surface area contributed by atoms with Crippen molar-refractivity contribution in [2.75, 3.05) is 6.61 Å². The molecule has 7 heteroatoms. The van der Waals surface area contributed by atoms with E-state index in [0.29, 0.717) is 18.6 Å². The number of hydrogen-bond acceptors (Lipinski definition) is 5. The van der Waals surface area contributed by atoms with Crippen molar-refractivity contribution < 1.29 is 23.1 Å². The zero-order chi connectivity index (χ0) is 13.3. The molecule has 100 valence electrons. The Kier molecular flexibility index (Phi) is 3.74. The van der Waals surface area contributed by atoms with Gasteiger partial charge in [0, 0.05) is 6.61 Å². The van der Waals surface area contributed by atoms with Gasteiger partial charge in [0.05, 0.1) is 17.1 Å². The van der Waals surface area contributed by atoms with Gasteiger partial charge in [0.25, 0.3) is 0 Å². The van der Waals surface area contributed by atoms with Gasteiger partial charge >= 0.3 is 5.97 Å². The van der Waals surface area contributed by atoms with Crippen molar-refractivity contribution >= 4 is 27.1 Å². The number of ether oxygens (including phenoxy) is 1. The molecule has 0 spiro atoms. The van der Waals surface area contributed by atoms with Gasteiger partial charge < -0.3 is 9.84 Å². The summed E-state index contributed by atoms with van der Waals surface area (Å²) < 4.78 is 29.7. The molecule has 2 unspecified atom stereocenters. The fourth-order valence-corrected chi connectivity index (χ4v) is 5.00. The molecule has 0 bridgehead atoms. The van der Waals surface area contributed by atoms with E-state index in [1.54, 1.807) is 18.4 Å². The third-order valence-corrected chi connectivity index (χ3v) is 6.27. The summed E-state index contributed by atoms with van der Waals surface area (Å²) in [5, 5.41) is 10.0. The predicted molar refractivity (Wildman–Crippen MR) is 67.7 cm³/mol. The zero-order valence-electron chi connectivity index (χ0n) is 9.83. The molecule has 0 amide bonds. The fraction of sp³-hybridized carbons (Fsp3) is 0.545. The van der Waals surface area contributed by atoms with Crippen LogP contribution in [0.5, 0.6) is 0 Å². The standard InChI is InChI=1S/C11H14O5S2/c1-7-9(2-4-16-7)18(14,15)6-8-3-5-17-10(8)11(12)13/h3,5,7,9H,2,4,6H2,1H3,(H,12,13). The van der Waals surface area contributed by atoms with E-state index < -0.39 is 21.1 Å². The lowest BCUT2D eigenvalue weighted by Crippen LogP contribution is -2.29. The van der Waals surface area contributed by atoms with E-state index in [-0.39, 0.29) is 16.7 Å². The first-order valence-corrected chi connectivity index (χ1v) is 8.14. The number of aromatic carboxylic acids is 1. The monoisotopic (exact) mass is 290 g/mol. The van der Waals surface area contributed by atoms with Crippen LogP contribution in [0, 0.1) is 0 Å². The molecular formula is C11H14O5S2. The van der Waals surface area contributed by atoms with Gasteiger partial charge in [0.2, 0.25) is 0 Å². The Bertz CT molecular complexity index is 546. The Hall–Kier alpha value is -0.920. The summed E-state index contributed by atoms with van der Waals surface area (Å²) in [5.74, 6) is -1.30. The summed E-state index contributed by atoms with van der Waals surface area (Å²) in [6.45, 7) is 2.18. The lowest BCUT2D eigenvalue weighted by atomic mass is 10.2. The summed E-state index contributed by atoms with van der Waals surface area (Å²) in [6.07, 6.45) is 0.165. The van der Waals surface area contributed by atoms with Crippen LogP contribution >= 0.6 is 11.3 Å². The van der Waals surface area contributed by atoms with Crippen LogP contribution in [0.2, 0.25) is 0 Å². The van der Waals surface area contributed by atoms with Crippen LogP contribution in [-0.4, -0.2) is 37.5 Å². The van der Waals surface area contributed by atoms with Gasteiger partial charge in [-0.25, -0.2) is 13.2 Å². The second kappa shape index (κ2) is 4.99. The van der Waals surface area contributed by atoms with E-state index in [1.165, 1.54) is 0 Å². The third-order valence-electron chi connectivity index (χ3n) is 3.07. The van der Waals surface area contributed by atoms with Crippen LogP contribution in [-0.2, 0) is 20.3 Å². The number of thiophene rings is 1. The first kappa shape index (κ1) is 13.5. The smallest absolute Gasteiger partial charge is 0.346 e. The Morgan fingerprint density at radius 3 is 2.89 bits per heavy atom. The average molecular weight is 290 g/mol. The normalized spacial score (nSPS) is 24.3. The molecule has 0 aliphatic carbocycles. The molecule has 1 aromatic heterocycles. The number of hydrogen-bond donors (Lipinski definition) is 1. The molecule has 1 saturated heterocycles. The molecule has 1 aromatic rings. The maximum Gasteiger partial charge on any atom is 0.346 e. The second-order valence-corrected chi connectivity index (χ2v) is 7.43. The van der Waals surface area contributed by atoms with Crippen molar-refractivity contribution in [1.82, 2.24) is 0 Å². The van der Waals surface area contributed by atoms with E-state index in [0.717, 1.165) is 11.3 Å². The summed E-state index contributed by atoms with van der Waals surface area (Å²) in [6, 6.07) is 1.56. The first-order chi connectivity index (χ1) is 8.42. The Balaban J connectivity index is 2.22. The highest BCUT2D eigenvalue weighted by atomic mass is 32.2. The molecule has 0 radical (unpaired) electrons. The van der Waals surface area contributed by atoms with Crippen LogP contribution < -0.4 is 0 Å². The number of carboxylic acid groups (broad SMARTS) is 1. The molecule has 0 aromatic carbocycles. The fourth-order valence-electron chi connectivity index (χ4n) is 2.14. The summed E-state index contributed by atoms with van der Waals surface area (Å²) >= 11 is 1.05. The predicted octanol–water partition coefficient (Wildman–Crippen LogP) is 1.54. The number of carbonyl (C=O) groups is 1. The number of rotatable bonds is 4. The van der Waals surface area contributed by atoms with Gasteiger partial charge in [-0.2, -0.15) is 0 Å². The summed E-state index contributed by atoms with van der Waals surface area (Å²) in [7, 11) is -3.37. The molecule has 1 N–H and O–H groups in total. The highest BCUT2D eigenvalue weighted by Crippen LogP contribution is 2.26. The van der Waals surface area contributed by atoms with Crippen molar-refractivity contribution in [1.29, 1.82) is 0 Å². The molecule has 2 rings (SSSR count).